The number of nitrogens with one attached hydrogen (secondary N) is 2. The molecule has 0 aliphatic rings. The molecule has 1 aromatic rings. The van der Waals surface area contributed by atoms with Crippen LogP contribution in [0, 0.1) is 11.7 Å². The summed E-state index contributed by atoms with van der Waals surface area (Å²) in [5.41, 5.74) is 0.645. The molecule has 1 rings (SSSR count). The number of rotatable bonds is 7. The van der Waals surface area contributed by atoms with Crippen LogP contribution in [0.25, 0.3) is 0 Å². The fourth-order valence-electron chi connectivity index (χ4n) is 2.03. The highest BCUT2D eigenvalue weighted by Crippen LogP contribution is 2.20. The highest BCUT2D eigenvalue weighted by molar-refractivity contribution is 5.99. The van der Waals surface area contributed by atoms with Gasteiger partial charge in [-0.05, 0) is 44.7 Å². The van der Waals surface area contributed by atoms with E-state index in [-0.39, 0.29) is 17.6 Å². The van der Waals surface area contributed by atoms with Crippen molar-refractivity contribution in [3.63, 3.8) is 0 Å². The zero-order valence-electron chi connectivity index (χ0n) is 12.8. The van der Waals surface area contributed by atoms with Crippen LogP contribution in [0.15, 0.2) is 18.2 Å². The van der Waals surface area contributed by atoms with Crippen LogP contribution in [0.4, 0.5) is 10.1 Å². The number of carbonyl (C=O) groups excluding carboxylic acids is 1. The van der Waals surface area contributed by atoms with Gasteiger partial charge in [0.2, 0.25) is 0 Å². The van der Waals surface area contributed by atoms with Crippen molar-refractivity contribution in [1.29, 1.82) is 0 Å². The first kappa shape index (κ1) is 16.5. The SMILES string of the molecule is CCNc1c(F)cccc1C(=O)NC(C)CCC(C)C. The minimum absolute atomic E-state index is 0.0858. The summed E-state index contributed by atoms with van der Waals surface area (Å²) in [6.45, 7) is 8.74. The monoisotopic (exact) mass is 280 g/mol. The van der Waals surface area contributed by atoms with Crippen LogP contribution in [0.2, 0.25) is 0 Å². The van der Waals surface area contributed by atoms with E-state index in [9.17, 15) is 9.18 Å². The highest BCUT2D eigenvalue weighted by Gasteiger charge is 2.16. The maximum Gasteiger partial charge on any atom is 0.253 e. The van der Waals surface area contributed by atoms with Gasteiger partial charge in [0.15, 0.2) is 0 Å². The summed E-state index contributed by atoms with van der Waals surface area (Å²) >= 11 is 0. The number of halogens is 1. The van der Waals surface area contributed by atoms with Crippen LogP contribution in [0.1, 0.15) is 50.9 Å². The Bertz CT molecular complexity index is 446. The van der Waals surface area contributed by atoms with Crippen molar-refractivity contribution in [3.8, 4) is 0 Å². The minimum atomic E-state index is -0.394. The third-order valence-corrected chi connectivity index (χ3v) is 3.17. The molecule has 0 saturated heterocycles. The highest BCUT2D eigenvalue weighted by atomic mass is 19.1. The molecule has 0 aromatic heterocycles. The lowest BCUT2D eigenvalue weighted by Gasteiger charge is -2.17. The van der Waals surface area contributed by atoms with Gasteiger partial charge in [-0.1, -0.05) is 19.9 Å². The van der Waals surface area contributed by atoms with Crippen LogP contribution in [0.3, 0.4) is 0 Å². The Hall–Kier alpha value is -1.58. The van der Waals surface area contributed by atoms with Crippen LogP contribution >= 0.6 is 0 Å². The molecular formula is C16H25FN2O. The minimum Gasteiger partial charge on any atom is -0.382 e. The van der Waals surface area contributed by atoms with Crippen molar-refractivity contribution in [1.82, 2.24) is 5.32 Å². The predicted molar refractivity (Wildman–Crippen MR) is 81.6 cm³/mol. The molecule has 2 N–H and O–H groups in total. The fourth-order valence-corrected chi connectivity index (χ4v) is 2.03. The van der Waals surface area contributed by atoms with Crippen molar-refractivity contribution < 1.29 is 9.18 Å². The Morgan fingerprint density at radius 1 is 1.25 bits per heavy atom. The number of para-hydroxylation sites is 1. The first-order valence-corrected chi connectivity index (χ1v) is 7.29. The lowest BCUT2D eigenvalue weighted by Crippen LogP contribution is -2.33. The largest absolute Gasteiger partial charge is 0.382 e. The molecule has 0 radical (unpaired) electrons. The number of carbonyl (C=O) groups is 1. The number of hydrogen-bond acceptors (Lipinski definition) is 2. The standard InChI is InChI=1S/C16H25FN2O/c1-5-18-15-13(7-6-8-14(15)17)16(20)19-12(4)10-9-11(2)3/h6-8,11-12,18H,5,9-10H2,1-4H3,(H,19,20). The quantitative estimate of drug-likeness (QED) is 0.797. The molecule has 4 heteroatoms. The average Bonchev–Trinajstić information content (AvgIpc) is 2.38. The second-order valence-electron chi connectivity index (χ2n) is 5.54. The van der Waals surface area contributed by atoms with Crippen molar-refractivity contribution in [3.05, 3.63) is 29.6 Å². The van der Waals surface area contributed by atoms with Gasteiger partial charge in [-0.2, -0.15) is 0 Å². The summed E-state index contributed by atoms with van der Waals surface area (Å²) in [4.78, 5) is 12.2. The van der Waals surface area contributed by atoms with Gasteiger partial charge in [-0.25, -0.2) is 4.39 Å². The van der Waals surface area contributed by atoms with E-state index in [4.69, 9.17) is 0 Å². The summed E-state index contributed by atoms with van der Waals surface area (Å²) in [6.07, 6.45) is 1.99. The van der Waals surface area contributed by atoms with Gasteiger partial charge in [0.05, 0.1) is 11.3 Å². The van der Waals surface area contributed by atoms with E-state index in [2.05, 4.69) is 24.5 Å². The third kappa shape index (κ3) is 4.83. The molecule has 1 amide bonds. The van der Waals surface area contributed by atoms with Crippen molar-refractivity contribution >= 4 is 11.6 Å². The van der Waals surface area contributed by atoms with Crippen LogP contribution < -0.4 is 10.6 Å². The average molecular weight is 280 g/mol. The van der Waals surface area contributed by atoms with Gasteiger partial charge in [0, 0.05) is 12.6 Å². The summed E-state index contributed by atoms with van der Waals surface area (Å²) in [6, 6.07) is 4.65. The Kier molecular flexibility index (Phi) is 6.49. The van der Waals surface area contributed by atoms with Gasteiger partial charge < -0.3 is 10.6 Å². The molecule has 112 valence electrons. The number of anilines is 1. The lowest BCUT2D eigenvalue weighted by molar-refractivity contribution is 0.0937. The van der Waals surface area contributed by atoms with Gasteiger partial charge in [0.25, 0.3) is 5.91 Å². The summed E-state index contributed by atoms with van der Waals surface area (Å²) < 4.78 is 13.7. The molecular weight excluding hydrogens is 255 g/mol. The zero-order valence-corrected chi connectivity index (χ0v) is 12.8. The fraction of sp³-hybridized carbons (Fsp3) is 0.562. The van der Waals surface area contributed by atoms with E-state index >= 15 is 0 Å². The smallest absolute Gasteiger partial charge is 0.253 e. The van der Waals surface area contributed by atoms with E-state index in [1.807, 2.05) is 13.8 Å². The Morgan fingerprint density at radius 3 is 2.55 bits per heavy atom. The second kappa shape index (κ2) is 7.88. The molecule has 0 aliphatic carbocycles. The van der Waals surface area contributed by atoms with E-state index in [0.717, 1.165) is 12.8 Å². The van der Waals surface area contributed by atoms with Gasteiger partial charge in [-0.15, -0.1) is 0 Å². The van der Waals surface area contributed by atoms with Crippen LogP contribution in [-0.4, -0.2) is 18.5 Å². The van der Waals surface area contributed by atoms with Crippen molar-refractivity contribution in [2.75, 3.05) is 11.9 Å². The number of amides is 1. The summed E-state index contributed by atoms with van der Waals surface area (Å²) in [7, 11) is 0. The maximum absolute atomic E-state index is 13.7. The summed E-state index contributed by atoms with van der Waals surface area (Å²) in [5.74, 6) is -0.00752. The van der Waals surface area contributed by atoms with Crippen LogP contribution in [0.5, 0.6) is 0 Å². The van der Waals surface area contributed by atoms with E-state index in [1.54, 1.807) is 12.1 Å². The molecule has 0 bridgehead atoms. The zero-order chi connectivity index (χ0) is 15.1. The van der Waals surface area contributed by atoms with E-state index in [0.29, 0.717) is 18.0 Å². The topological polar surface area (TPSA) is 41.1 Å². The molecule has 0 heterocycles. The number of hydrogen-bond donors (Lipinski definition) is 2. The van der Waals surface area contributed by atoms with Crippen molar-refractivity contribution in [2.24, 2.45) is 5.92 Å². The van der Waals surface area contributed by atoms with Gasteiger partial charge in [-0.3, -0.25) is 4.79 Å². The Labute approximate surface area is 121 Å². The molecule has 20 heavy (non-hydrogen) atoms. The molecule has 0 saturated carbocycles. The molecule has 0 spiro atoms. The first-order chi connectivity index (χ1) is 9.45. The Morgan fingerprint density at radius 2 is 1.95 bits per heavy atom. The predicted octanol–water partition coefficient (Wildman–Crippen LogP) is 3.81. The maximum atomic E-state index is 13.7. The third-order valence-electron chi connectivity index (χ3n) is 3.17. The normalized spacial score (nSPS) is 12.3. The van der Waals surface area contributed by atoms with Gasteiger partial charge in [0.1, 0.15) is 5.82 Å². The second-order valence-corrected chi connectivity index (χ2v) is 5.54. The van der Waals surface area contributed by atoms with Gasteiger partial charge >= 0.3 is 0 Å². The molecule has 0 aliphatic heterocycles. The van der Waals surface area contributed by atoms with Crippen LogP contribution in [-0.2, 0) is 0 Å². The van der Waals surface area contributed by atoms with Crippen molar-refractivity contribution in [2.45, 2.75) is 46.6 Å². The summed E-state index contributed by atoms with van der Waals surface area (Å²) in [5, 5.41) is 5.84. The molecule has 0 fully saturated rings. The molecule has 1 unspecified atom stereocenters. The van der Waals surface area contributed by atoms with E-state index in [1.165, 1.54) is 6.07 Å². The first-order valence-electron chi connectivity index (χ1n) is 7.29. The molecule has 1 aromatic carbocycles. The molecule has 3 nitrogen and oxygen atoms in total. The number of benzene rings is 1. The Balaban J connectivity index is 2.74. The van der Waals surface area contributed by atoms with E-state index < -0.39 is 5.82 Å². The lowest BCUT2D eigenvalue weighted by atomic mass is 10.0. The molecule has 1 atom stereocenters.